The molecule has 2 heterocycles. The molecule has 1 aromatic carbocycles. The molecule has 2 N–H and O–H groups in total. The molecule has 0 aliphatic heterocycles. The molecule has 0 aliphatic rings. The molecule has 3 aromatic rings. The average molecular weight is 350 g/mol. The number of aromatic amines is 1. The zero-order chi connectivity index (χ0) is 18.4. The first-order valence-electron chi connectivity index (χ1n) is 9.40. The van der Waals surface area contributed by atoms with E-state index in [0.717, 1.165) is 49.9 Å². The Morgan fingerprint density at radius 2 is 1.85 bits per heavy atom. The lowest BCUT2D eigenvalue weighted by Crippen LogP contribution is -1.93. The van der Waals surface area contributed by atoms with Crippen LogP contribution >= 0.6 is 0 Å². The van der Waals surface area contributed by atoms with Crippen LogP contribution in [0.5, 0.6) is 0 Å². The number of benzene rings is 1. The molecule has 26 heavy (non-hydrogen) atoms. The lowest BCUT2D eigenvalue weighted by Gasteiger charge is -2.05. The predicted molar refractivity (Wildman–Crippen MR) is 105 cm³/mol. The summed E-state index contributed by atoms with van der Waals surface area (Å²) in [6.45, 7) is 2.16. The molecular weight excluding hydrogens is 324 g/mol. The number of pyridine rings is 1. The number of carboxylic acids is 1. The largest absolute Gasteiger partial charge is 0.481 e. The highest BCUT2D eigenvalue weighted by Gasteiger charge is 2.13. The van der Waals surface area contributed by atoms with Gasteiger partial charge in [-0.05, 0) is 55.5 Å². The number of aliphatic carboxylic acids is 1. The summed E-state index contributed by atoms with van der Waals surface area (Å²) in [5, 5.41) is 9.99. The van der Waals surface area contributed by atoms with Crippen LogP contribution in [0, 0.1) is 6.92 Å². The van der Waals surface area contributed by atoms with Crippen LogP contribution in [0.1, 0.15) is 49.7 Å². The topological polar surface area (TPSA) is 66.0 Å². The van der Waals surface area contributed by atoms with E-state index < -0.39 is 5.97 Å². The first-order valence-corrected chi connectivity index (χ1v) is 9.40. The van der Waals surface area contributed by atoms with Gasteiger partial charge in [0.05, 0.1) is 11.4 Å². The molecule has 0 bridgehead atoms. The second-order valence-electron chi connectivity index (χ2n) is 6.84. The van der Waals surface area contributed by atoms with E-state index in [1.807, 2.05) is 24.4 Å². The third-order valence-electron chi connectivity index (χ3n) is 4.92. The van der Waals surface area contributed by atoms with E-state index in [2.05, 4.69) is 35.1 Å². The Hall–Kier alpha value is -2.62. The van der Waals surface area contributed by atoms with Gasteiger partial charge in [0.15, 0.2) is 0 Å². The molecule has 0 aliphatic carbocycles. The Balaban J connectivity index is 1.66. The first-order chi connectivity index (χ1) is 12.7. The van der Waals surface area contributed by atoms with Gasteiger partial charge in [0.1, 0.15) is 0 Å². The van der Waals surface area contributed by atoms with Gasteiger partial charge in [0.2, 0.25) is 0 Å². The number of aryl methyl sites for hydroxylation is 2. The van der Waals surface area contributed by atoms with Crippen molar-refractivity contribution in [3.63, 3.8) is 0 Å². The van der Waals surface area contributed by atoms with Gasteiger partial charge < -0.3 is 10.1 Å². The number of hydrogen-bond acceptors (Lipinski definition) is 2. The van der Waals surface area contributed by atoms with Gasteiger partial charge >= 0.3 is 5.97 Å². The number of nitrogens with zero attached hydrogens (tertiary/aromatic N) is 1. The number of fused-ring (bicyclic) bond motifs is 1. The van der Waals surface area contributed by atoms with Gasteiger partial charge in [-0.25, -0.2) is 0 Å². The Morgan fingerprint density at radius 1 is 1.04 bits per heavy atom. The molecule has 2 aromatic heterocycles. The summed E-state index contributed by atoms with van der Waals surface area (Å²) in [6, 6.07) is 12.4. The van der Waals surface area contributed by atoms with Gasteiger partial charge in [0.25, 0.3) is 0 Å². The zero-order valence-electron chi connectivity index (χ0n) is 15.3. The summed E-state index contributed by atoms with van der Waals surface area (Å²) in [5.41, 5.74) is 5.88. The van der Waals surface area contributed by atoms with Gasteiger partial charge in [-0.2, -0.15) is 0 Å². The molecule has 0 saturated carbocycles. The summed E-state index contributed by atoms with van der Waals surface area (Å²) < 4.78 is 0. The van der Waals surface area contributed by atoms with E-state index in [0.29, 0.717) is 0 Å². The number of hydrogen-bond donors (Lipinski definition) is 2. The highest BCUT2D eigenvalue weighted by Crippen LogP contribution is 2.31. The van der Waals surface area contributed by atoms with E-state index >= 15 is 0 Å². The molecule has 4 heteroatoms. The van der Waals surface area contributed by atoms with E-state index in [9.17, 15) is 4.79 Å². The second-order valence-corrected chi connectivity index (χ2v) is 6.84. The van der Waals surface area contributed by atoms with Crippen molar-refractivity contribution in [1.29, 1.82) is 0 Å². The second kappa shape index (κ2) is 8.65. The first kappa shape index (κ1) is 18.2. The van der Waals surface area contributed by atoms with E-state index in [1.54, 1.807) is 0 Å². The summed E-state index contributed by atoms with van der Waals surface area (Å²) in [4.78, 5) is 18.5. The molecule has 4 nitrogen and oxygen atoms in total. The number of unbranched alkanes of at least 4 members (excludes halogenated alkanes) is 4. The van der Waals surface area contributed by atoms with Crippen LogP contribution in [0.2, 0.25) is 0 Å². The fraction of sp³-hybridized carbons (Fsp3) is 0.364. The Kier molecular flexibility index (Phi) is 6.05. The lowest BCUT2D eigenvalue weighted by atomic mass is 9.99. The van der Waals surface area contributed by atoms with Crippen LogP contribution in [0.4, 0.5) is 0 Å². The van der Waals surface area contributed by atoms with Crippen LogP contribution in [0.15, 0.2) is 42.6 Å². The molecule has 0 amide bonds. The standard InChI is InChI=1S/C22H26N2O2/c1-16-21-17(10-5-3-2-4-6-14-20(25)26)11-9-13-18(21)24-22(16)19-12-7-8-15-23-19/h7-9,11-13,15,24H,2-6,10,14H2,1H3,(H,25,26). The van der Waals surface area contributed by atoms with E-state index in [4.69, 9.17) is 5.11 Å². The molecule has 0 radical (unpaired) electrons. The molecule has 0 spiro atoms. The van der Waals surface area contributed by atoms with E-state index in [-0.39, 0.29) is 6.42 Å². The molecule has 0 unspecified atom stereocenters. The van der Waals surface area contributed by atoms with Crippen molar-refractivity contribution < 1.29 is 9.90 Å². The number of rotatable bonds is 9. The number of carbonyl (C=O) groups is 1. The van der Waals surface area contributed by atoms with Crippen LogP contribution in [0.3, 0.4) is 0 Å². The van der Waals surface area contributed by atoms with Crippen LogP contribution in [-0.4, -0.2) is 21.0 Å². The number of nitrogens with one attached hydrogen (secondary N) is 1. The molecule has 3 rings (SSSR count). The Morgan fingerprint density at radius 3 is 2.62 bits per heavy atom. The highest BCUT2D eigenvalue weighted by atomic mass is 16.4. The normalized spacial score (nSPS) is 11.1. The van der Waals surface area contributed by atoms with Gasteiger partial charge in [-0.3, -0.25) is 9.78 Å². The highest BCUT2D eigenvalue weighted by molar-refractivity contribution is 5.92. The minimum atomic E-state index is -0.691. The lowest BCUT2D eigenvalue weighted by molar-refractivity contribution is -0.137. The predicted octanol–water partition coefficient (Wildman–Crippen LogP) is 5.51. The molecular formula is C22H26N2O2. The van der Waals surface area contributed by atoms with Crippen molar-refractivity contribution in [2.45, 2.75) is 51.9 Å². The molecule has 0 atom stereocenters. The van der Waals surface area contributed by atoms with Crippen molar-refractivity contribution in [1.82, 2.24) is 9.97 Å². The number of H-pyrrole nitrogens is 1. The third kappa shape index (κ3) is 4.31. The molecule has 0 saturated heterocycles. The SMILES string of the molecule is Cc1c(-c2ccccn2)[nH]c2cccc(CCCCCCCC(=O)O)c12. The minimum Gasteiger partial charge on any atom is -0.481 e. The quantitative estimate of drug-likeness (QED) is 0.500. The summed E-state index contributed by atoms with van der Waals surface area (Å²) in [6.07, 6.45) is 8.34. The van der Waals surface area contributed by atoms with Crippen molar-refractivity contribution in [2.24, 2.45) is 0 Å². The summed E-state index contributed by atoms with van der Waals surface area (Å²) >= 11 is 0. The molecule has 0 fully saturated rings. The van der Waals surface area contributed by atoms with Crippen molar-refractivity contribution in [3.8, 4) is 11.4 Å². The van der Waals surface area contributed by atoms with Crippen molar-refractivity contribution >= 4 is 16.9 Å². The maximum Gasteiger partial charge on any atom is 0.303 e. The summed E-state index contributed by atoms with van der Waals surface area (Å²) in [5.74, 6) is -0.691. The van der Waals surface area contributed by atoms with Gasteiger partial charge in [-0.15, -0.1) is 0 Å². The van der Waals surface area contributed by atoms with Crippen LogP contribution < -0.4 is 0 Å². The van der Waals surface area contributed by atoms with Crippen molar-refractivity contribution in [3.05, 3.63) is 53.7 Å². The van der Waals surface area contributed by atoms with Crippen molar-refractivity contribution in [2.75, 3.05) is 0 Å². The Bertz CT molecular complexity index is 868. The van der Waals surface area contributed by atoms with Gasteiger partial charge in [0, 0.05) is 23.5 Å². The Labute approximate surface area is 154 Å². The monoisotopic (exact) mass is 350 g/mol. The third-order valence-corrected chi connectivity index (χ3v) is 4.92. The number of aromatic nitrogens is 2. The fourth-order valence-electron chi connectivity index (χ4n) is 3.60. The van der Waals surface area contributed by atoms with Gasteiger partial charge in [-0.1, -0.05) is 37.5 Å². The average Bonchev–Trinajstić information content (AvgIpc) is 2.99. The minimum absolute atomic E-state index is 0.290. The zero-order valence-corrected chi connectivity index (χ0v) is 15.3. The van der Waals surface area contributed by atoms with Crippen LogP contribution in [-0.2, 0) is 11.2 Å². The smallest absolute Gasteiger partial charge is 0.303 e. The maximum absolute atomic E-state index is 10.5. The van der Waals surface area contributed by atoms with Crippen LogP contribution in [0.25, 0.3) is 22.3 Å². The fourth-order valence-corrected chi connectivity index (χ4v) is 3.60. The summed E-state index contributed by atoms with van der Waals surface area (Å²) in [7, 11) is 0. The maximum atomic E-state index is 10.5. The molecule has 136 valence electrons. The van der Waals surface area contributed by atoms with E-state index in [1.165, 1.54) is 22.0 Å². The number of carboxylic acid groups (broad SMARTS) is 1.